The van der Waals surface area contributed by atoms with Gasteiger partial charge < -0.3 is 10.6 Å². The molecule has 1 aliphatic rings. The fourth-order valence-corrected chi connectivity index (χ4v) is 2.50. The number of benzene rings is 1. The molecule has 0 saturated heterocycles. The third-order valence-corrected chi connectivity index (χ3v) is 4.05. The van der Waals surface area contributed by atoms with Gasteiger partial charge in [-0.2, -0.15) is 13.2 Å². The molecular formula is C18H15F3N4O2. The van der Waals surface area contributed by atoms with Gasteiger partial charge in [0.15, 0.2) is 5.82 Å². The third-order valence-electron chi connectivity index (χ3n) is 4.05. The maximum atomic E-state index is 12.9. The molecular weight excluding hydrogens is 361 g/mol. The largest absolute Gasteiger partial charge is 0.433 e. The van der Waals surface area contributed by atoms with Crippen molar-refractivity contribution >= 4 is 17.5 Å². The van der Waals surface area contributed by atoms with Crippen LogP contribution >= 0.6 is 0 Å². The molecule has 9 heteroatoms. The first kappa shape index (κ1) is 18.6. The van der Waals surface area contributed by atoms with Gasteiger partial charge in [-0.15, -0.1) is 0 Å². The number of halogens is 3. The van der Waals surface area contributed by atoms with E-state index in [-0.39, 0.29) is 11.4 Å². The number of hydrogen-bond donors (Lipinski definition) is 2. The zero-order chi connectivity index (χ0) is 19.7. The van der Waals surface area contributed by atoms with Crippen molar-refractivity contribution in [2.24, 2.45) is 0 Å². The molecule has 2 aromatic rings. The maximum Gasteiger partial charge on any atom is 0.433 e. The number of nitrogens with zero attached hydrogens (tertiary/aromatic N) is 2. The Kier molecular flexibility index (Phi) is 4.69. The Morgan fingerprint density at radius 2 is 1.96 bits per heavy atom. The zero-order valence-corrected chi connectivity index (χ0v) is 14.0. The predicted molar refractivity (Wildman–Crippen MR) is 90.7 cm³/mol. The van der Waals surface area contributed by atoms with Gasteiger partial charge in [-0.3, -0.25) is 9.59 Å². The monoisotopic (exact) mass is 376 g/mol. The van der Waals surface area contributed by atoms with Crippen molar-refractivity contribution in [2.75, 3.05) is 5.32 Å². The molecule has 0 radical (unpaired) electrons. The standard InChI is InChI=1S/C18H15F3N4O2/c1-2-14(26)23-12-5-3-4-11(10-12)15(27)25-17(7-8-17)16-22-9-6-13(24-16)18(19,20)21/h2-6,9-10H,1,7-8H2,(H,23,26)(H,25,27). The van der Waals surface area contributed by atoms with Gasteiger partial charge in [0, 0.05) is 17.4 Å². The van der Waals surface area contributed by atoms with Crippen molar-refractivity contribution in [1.82, 2.24) is 15.3 Å². The summed E-state index contributed by atoms with van der Waals surface area (Å²) in [7, 11) is 0. The lowest BCUT2D eigenvalue weighted by molar-refractivity contribution is -0.141. The second kappa shape index (κ2) is 6.82. The minimum atomic E-state index is -4.59. The number of hydrogen-bond acceptors (Lipinski definition) is 4. The highest BCUT2D eigenvalue weighted by Gasteiger charge is 2.49. The highest BCUT2D eigenvalue weighted by molar-refractivity contribution is 6.01. The number of nitrogens with one attached hydrogen (secondary N) is 2. The predicted octanol–water partition coefficient (Wildman–Crippen LogP) is 3.04. The van der Waals surface area contributed by atoms with E-state index < -0.39 is 29.2 Å². The van der Waals surface area contributed by atoms with Gasteiger partial charge in [-0.05, 0) is 43.2 Å². The van der Waals surface area contributed by atoms with Crippen LogP contribution in [-0.4, -0.2) is 21.8 Å². The van der Waals surface area contributed by atoms with Gasteiger partial charge in [0.2, 0.25) is 5.91 Å². The van der Waals surface area contributed by atoms with E-state index in [1.807, 2.05) is 0 Å². The number of rotatable bonds is 5. The molecule has 1 heterocycles. The van der Waals surface area contributed by atoms with Crippen LogP contribution in [0.25, 0.3) is 0 Å². The van der Waals surface area contributed by atoms with Gasteiger partial charge in [-0.1, -0.05) is 12.6 Å². The summed E-state index contributed by atoms with van der Waals surface area (Å²) in [5.41, 5.74) is -1.43. The van der Waals surface area contributed by atoms with Crippen LogP contribution < -0.4 is 10.6 Å². The summed E-state index contributed by atoms with van der Waals surface area (Å²) in [6, 6.07) is 6.95. The summed E-state index contributed by atoms with van der Waals surface area (Å²) in [4.78, 5) is 31.4. The average Bonchev–Trinajstić information content (AvgIpc) is 3.42. The molecule has 2 N–H and O–H groups in total. The molecule has 1 aromatic heterocycles. The average molecular weight is 376 g/mol. The topological polar surface area (TPSA) is 84.0 Å². The van der Waals surface area contributed by atoms with Gasteiger partial charge >= 0.3 is 6.18 Å². The molecule has 140 valence electrons. The summed E-state index contributed by atoms with van der Waals surface area (Å²) >= 11 is 0. The second-order valence-electron chi connectivity index (χ2n) is 6.07. The fourth-order valence-electron chi connectivity index (χ4n) is 2.50. The van der Waals surface area contributed by atoms with Crippen LogP contribution in [0.2, 0.25) is 0 Å². The molecule has 0 spiro atoms. The van der Waals surface area contributed by atoms with Crippen molar-refractivity contribution in [2.45, 2.75) is 24.6 Å². The number of amides is 2. The quantitative estimate of drug-likeness (QED) is 0.786. The van der Waals surface area contributed by atoms with Crippen LogP contribution in [-0.2, 0) is 16.5 Å². The Morgan fingerprint density at radius 1 is 1.22 bits per heavy atom. The molecule has 1 aliphatic carbocycles. The van der Waals surface area contributed by atoms with Crippen molar-refractivity contribution in [3.05, 3.63) is 66.3 Å². The van der Waals surface area contributed by atoms with E-state index in [9.17, 15) is 22.8 Å². The Morgan fingerprint density at radius 3 is 2.59 bits per heavy atom. The van der Waals surface area contributed by atoms with Gasteiger partial charge in [0.25, 0.3) is 5.91 Å². The minimum absolute atomic E-state index is 0.0678. The normalized spacial score (nSPS) is 14.9. The summed E-state index contributed by atoms with van der Waals surface area (Å²) < 4.78 is 38.6. The van der Waals surface area contributed by atoms with E-state index in [2.05, 4.69) is 27.2 Å². The molecule has 27 heavy (non-hydrogen) atoms. The molecule has 6 nitrogen and oxygen atoms in total. The van der Waals surface area contributed by atoms with Crippen LogP contribution in [0, 0.1) is 0 Å². The van der Waals surface area contributed by atoms with E-state index in [0.29, 0.717) is 18.5 Å². The first-order chi connectivity index (χ1) is 12.7. The van der Waals surface area contributed by atoms with E-state index in [1.165, 1.54) is 12.1 Å². The molecule has 0 unspecified atom stereocenters. The molecule has 0 aliphatic heterocycles. The number of carbonyl (C=O) groups excluding carboxylic acids is 2. The highest BCUT2D eigenvalue weighted by atomic mass is 19.4. The Bertz CT molecular complexity index is 907. The Hall–Kier alpha value is -3.23. The summed E-state index contributed by atoms with van der Waals surface area (Å²) in [6.45, 7) is 3.34. The van der Waals surface area contributed by atoms with Crippen LogP contribution in [0.1, 0.15) is 34.7 Å². The second-order valence-corrected chi connectivity index (χ2v) is 6.07. The summed E-state index contributed by atoms with van der Waals surface area (Å²) in [5, 5.41) is 5.24. The molecule has 1 aromatic carbocycles. The maximum absolute atomic E-state index is 12.9. The summed E-state index contributed by atoms with van der Waals surface area (Å²) in [6.07, 6.45) is -1.59. The van der Waals surface area contributed by atoms with Crippen molar-refractivity contribution in [3.8, 4) is 0 Å². The molecule has 3 rings (SSSR count). The van der Waals surface area contributed by atoms with Crippen molar-refractivity contribution in [1.29, 1.82) is 0 Å². The molecule has 0 bridgehead atoms. The molecule has 1 saturated carbocycles. The van der Waals surface area contributed by atoms with Gasteiger partial charge in [0.05, 0.1) is 0 Å². The van der Waals surface area contributed by atoms with Crippen LogP contribution in [0.5, 0.6) is 0 Å². The Labute approximate surface area is 152 Å². The van der Waals surface area contributed by atoms with Crippen LogP contribution in [0.4, 0.5) is 18.9 Å². The van der Waals surface area contributed by atoms with Gasteiger partial charge in [-0.25, -0.2) is 9.97 Å². The van der Waals surface area contributed by atoms with E-state index in [1.54, 1.807) is 12.1 Å². The number of carbonyl (C=O) groups is 2. The zero-order valence-electron chi connectivity index (χ0n) is 14.0. The molecule has 2 amide bonds. The van der Waals surface area contributed by atoms with E-state index in [0.717, 1.165) is 18.3 Å². The van der Waals surface area contributed by atoms with Gasteiger partial charge in [0.1, 0.15) is 11.2 Å². The fraction of sp³-hybridized carbons (Fsp3) is 0.222. The van der Waals surface area contributed by atoms with E-state index >= 15 is 0 Å². The molecule has 1 fully saturated rings. The van der Waals surface area contributed by atoms with Crippen LogP contribution in [0.3, 0.4) is 0 Å². The Balaban J connectivity index is 1.79. The number of alkyl halides is 3. The smallest absolute Gasteiger partial charge is 0.339 e. The van der Waals surface area contributed by atoms with E-state index in [4.69, 9.17) is 0 Å². The first-order valence-corrected chi connectivity index (χ1v) is 8.00. The lowest BCUT2D eigenvalue weighted by Gasteiger charge is -2.17. The summed E-state index contributed by atoms with van der Waals surface area (Å²) in [5.74, 6) is -0.992. The van der Waals surface area contributed by atoms with Crippen molar-refractivity contribution < 1.29 is 22.8 Å². The lowest BCUT2D eigenvalue weighted by atomic mass is 10.1. The number of anilines is 1. The van der Waals surface area contributed by atoms with Crippen molar-refractivity contribution in [3.63, 3.8) is 0 Å². The lowest BCUT2D eigenvalue weighted by Crippen LogP contribution is -2.36. The van der Waals surface area contributed by atoms with Crippen LogP contribution in [0.15, 0.2) is 49.2 Å². The third kappa shape index (κ3) is 4.13. The minimum Gasteiger partial charge on any atom is -0.339 e. The molecule has 0 atom stereocenters. The SMILES string of the molecule is C=CC(=O)Nc1cccc(C(=O)NC2(c3nccc(C(F)(F)F)n3)CC2)c1. The number of aromatic nitrogens is 2. The highest BCUT2D eigenvalue weighted by Crippen LogP contribution is 2.44. The first-order valence-electron chi connectivity index (χ1n) is 8.00.